The number of rotatable bonds is 3. The van der Waals surface area contributed by atoms with Crippen molar-refractivity contribution in [2.45, 2.75) is 0 Å². The van der Waals surface area contributed by atoms with E-state index in [-0.39, 0.29) is 17.6 Å². The van der Waals surface area contributed by atoms with E-state index in [2.05, 4.69) is 5.32 Å². The van der Waals surface area contributed by atoms with Crippen molar-refractivity contribution in [1.82, 2.24) is 15.1 Å². The van der Waals surface area contributed by atoms with Crippen molar-refractivity contribution in [2.24, 2.45) is 0 Å². The van der Waals surface area contributed by atoms with Crippen LogP contribution in [0.15, 0.2) is 24.3 Å². The molecule has 1 saturated heterocycles. The minimum absolute atomic E-state index is 0.0595. The van der Waals surface area contributed by atoms with Gasteiger partial charge >= 0.3 is 0 Å². The monoisotopic (exact) mass is 277 g/mol. The third-order valence-corrected chi connectivity index (χ3v) is 3.36. The Kier molecular flexibility index (Phi) is 4.57. The summed E-state index contributed by atoms with van der Waals surface area (Å²) in [5, 5.41) is 12.1. The van der Waals surface area contributed by atoms with Crippen LogP contribution in [0.3, 0.4) is 0 Å². The highest BCUT2D eigenvalue weighted by Crippen LogP contribution is 2.13. The number of aromatic hydroxyl groups is 1. The Morgan fingerprint density at radius 3 is 2.20 bits per heavy atom. The van der Waals surface area contributed by atoms with Crippen molar-refractivity contribution in [3.63, 3.8) is 0 Å². The molecule has 1 aromatic rings. The zero-order valence-electron chi connectivity index (χ0n) is 11.5. The smallest absolute Gasteiger partial charge is 0.253 e. The summed E-state index contributed by atoms with van der Waals surface area (Å²) < 4.78 is 0. The Morgan fingerprint density at radius 2 is 1.65 bits per heavy atom. The first kappa shape index (κ1) is 14.3. The van der Waals surface area contributed by atoms with Crippen molar-refractivity contribution < 1.29 is 14.7 Å². The molecule has 0 saturated carbocycles. The second-order valence-corrected chi connectivity index (χ2v) is 4.75. The number of phenols is 1. The number of likely N-dealkylation sites (N-methyl/N-ethyl adjacent to an activating group) is 1. The van der Waals surface area contributed by atoms with Crippen molar-refractivity contribution in [1.29, 1.82) is 0 Å². The number of piperazine rings is 1. The molecule has 0 bridgehead atoms. The number of hydrogen-bond donors (Lipinski definition) is 2. The van der Waals surface area contributed by atoms with Crippen LogP contribution in [0, 0.1) is 0 Å². The van der Waals surface area contributed by atoms with E-state index in [1.165, 1.54) is 12.1 Å². The number of nitrogens with zero attached hydrogens (tertiary/aromatic N) is 2. The molecule has 0 unspecified atom stereocenters. The van der Waals surface area contributed by atoms with Gasteiger partial charge in [0.15, 0.2) is 0 Å². The Morgan fingerprint density at radius 1 is 1.10 bits per heavy atom. The molecule has 108 valence electrons. The first-order chi connectivity index (χ1) is 9.61. The highest BCUT2D eigenvalue weighted by molar-refractivity contribution is 5.94. The molecule has 0 spiro atoms. The highest BCUT2D eigenvalue weighted by atomic mass is 16.3. The fraction of sp³-hybridized carbons (Fsp3) is 0.429. The Labute approximate surface area is 118 Å². The molecule has 0 radical (unpaired) electrons. The van der Waals surface area contributed by atoms with Crippen molar-refractivity contribution in [2.75, 3.05) is 39.8 Å². The predicted molar refractivity (Wildman–Crippen MR) is 74.5 cm³/mol. The Balaban J connectivity index is 1.92. The van der Waals surface area contributed by atoms with Crippen LogP contribution in [0.1, 0.15) is 10.4 Å². The molecule has 6 nitrogen and oxygen atoms in total. The lowest BCUT2D eigenvalue weighted by atomic mass is 10.1. The summed E-state index contributed by atoms with van der Waals surface area (Å²) in [6.07, 6.45) is 0. The first-order valence-corrected chi connectivity index (χ1v) is 6.62. The number of amides is 2. The van der Waals surface area contributed by atoms with E-state index < -0.39 is 0 Å². The van der Waals surface area contributed by atoms with Gasteiger partial charge in [-0.1, -0.05) is 0 Å². The van der Waals surface area contributed by atoms with E-state index in [1.807, 2.05) is 0 Å². The standard InChI is InChI=1S/C14H19N3O3/c1-15-10-13(19)16-6-8-17(9-7-16)14(20)11-2-4-12(18)5-3-11/h2-5,15,18H,6-10H2,1H3. The van der Waals surface area contributed by atoms with Crippen molar-refractivity contribution >= 4 is 11.8 Å². The van der Waals surface area contributed by atoms with Gasteiger partial charge in [-0.2, -0.15) is 0 Å². The average Bonchev–Trinajstić information content (AvgIpc) is 2.48. The number of carbonyl (C=O) groups excluding carboxylic acids is 2. The molecule has 0 aromatic heterocycles. The van der Waals surface area contributed by atoms with Crippen LogP contribution in [0.4, 0.5) is 0 Å². The largest absolute Gasteiger partial charge is 0.508 e. The summed E-state index contributed by atoms with van der Waals surface area (Å²) in [5.41, 5.74) is 0.554. The number of hydrogen-bond acceptors (Lipinski definition) is 4. The third-order valence-electron chi connectivity index (χ3n) is 3.36. The molecule has 0 atom stereocenters. The van der Waals surface area contributed by atoms with Crippen molar-refractivity contribution in [3.8, 4) is 5.75 Å². The second-order valence-electron chi connectivity index (χ2n) is 4.75. The normalized spacial score (nSPS) is 15.2. The zero-order chi connectivity index (χ0) is 14.5. The fourth-order valence-electron chi connectivity index (χ4n) is 2.21. The SMILES string of the molecule is CNCC(=O)N1CCN(C(=O)c2ccc(O)cc2)CC1. The molecular formula is C14H19N3O3. The average molecular weight is 277 g/mol. The molecule has 0 aliphatic carbocycles. The number of carbonyl (C=O) groups is 2. The van der Waals surface area contributed by atoms with Crippen LogP contribution < -0.4 is 5.32 Å². The lowest BCUT2D eigenvalue weighted by molar-refractivity contribution is -0.131. The molecule has 1 aromatic carbocycles. The minimum atomic E-state index is -0.0642. The summed E-state index contributed by atoms with van der Waals surface area (Å²) in [6, 6.07) is 6.21. The first-order valence-electron chi connectivity index (χ1n) is 6.62. The molecule has 6 heteroatoms. The van der Waals surface area contributed by atoms with Gasteiger partial charge < -0.3 is 20.2 Å². The fourth-order valence-corrected chi connectivity index (χ4v) is 2.21. The lowest BCUT2D eigenvalue weighted by Crippen LogP contribution is -2.52. The summed E-state index contributed by atoms with van der Waals surface area (Å²) in [6.45, 7) is 2.52. The van der Waals surface area contributed by atoms with E-state index in [0.29, 0.717) is 38.3 Å². The number of phenolic OH excluding ortho intramolecular Hbond substituents is 1. The van der Waals surface area contributed by atoms with E-state index in [9.17, 15) is 14.7 Å². The second kappa shape index (κ2) is 6.38. The summed E-state index contributed by atoms with van der Waals surface area (Å²) in [4.78, 5) is 27.4. The van der Waals surface area contributed by atoms with Crippen LogP contribution in [0.25, 0.3) is 0 Å². The lowest BCUT2D eigenvalue weighted by Gasteiger charge is -2.34. The molecule has 2 N–H and O–H groups in total. The molecular weight excluding hydrogens is 258 g/mol. The van der Waals surface area contributed by atoms with E-state index >= 15 is 0 Å². The van der Waals surface area contributed by atoms with Gasteiger partial charge in [0, 0.05) is 31.7 Å². The van der Waals surface area contributed by atoms with Crippen LogP contribution in [0.5, 0.6) is 5.75 Å². The van der Waals surface area contributed by atoms with Crippen molar-refractivity contribution in [3.05, 3.63) is 29.8 Å². The quantitative estimate of drug-likeness (QED) is 0.809. The van der Waals surface area contributed by atoms with E-state index in [1.54, 1.807) is 29.0 Å². The van der Waals surface area contributed by atoms with Gasteiger partial charge in [-0.15, -0.1) is 0 Å². The van der Waals surface area contributed by atoms with Gasteiger partial charge in [0.1, 0.15) is 5.75 Å². The van der Waals surface area contributed by atoms with Crippen LogP contribution in [-0.4, -0.2) is 66.5 Å². The summed E-state index contributed by atoms with van der Waals surface area (Å²) >= 11 is 0. The third kappa shape index (κ3) is 3.27. The summed E-state index contributed by atoms with van der Waals surface area (Å²) in [7, 11) is 1.74. The van der Waals surface area contributed by atoms with Crippen LogP contribution in [-0.2, 0) is 4.79 Å². The Bertz CT molecular complexity index is 479. The molecule has 1 aliphatic heterocycles. The maximum absolute atomic E-state index is 12.2. The van der Waals surface area contributed by atoms with Crippen LogP contribution >= 0.6 is 0 Å². The highest BCUT2D eigenvalue weighted by Gasteiger charge is 2.24. The molecule has 2 amide bonds. The maximum atomic E-state index is 12.2. The molecule has 1 aliphatic rings. The van der Waals surface area contributed by atoms with Gasteiger partial charge in [0.05, 0.1) is 6.54 Å². The molecule has 20 heavy (non-hydrogen) atoms. The van der Waals surface area contributed by atoms with Gasteiger partial charge in [-0.3, -0.25) is 9.59 Å². The Hall–Kier alpha value is -2.08. The molecule has 1 fully saturated rings. The maximum Gasteiger partial charge on any atom is 0.253 e. The van der Waals surface area contributed by atoms with Crippen LogP contribution in [0.2, 0.25) is 0 Å². The minimum Gasteiger partial charge on any atom is -0.508 e. The molecule has 2 rings (SSSR count). The van der Waals surface area contributed by atoms with E-state index in [4.69, 9.17) is 0 Å². The number of nitrogens with one attached hydrogen (secondary N) is 1. The topological polar surface area (TPSA) is 72.9 Å². The zero-order valence-corrected chi connectivity index (χ0v) is 11.5. The van der Waals surface area contributed by atoms with Gasteiger partial charge in [0.2, 0.25) is 5.91 Å². The van der Waals surface area contributed by atoms with Gasteiger partial charge in [-0.25, -0.2) is 0 Å². The predicted octanol–water partition coefficient (Wildman–Crippen LogP) is -0.104. The van der Waals surface area contributed by atoms with Gasteiger partial charge in [0.25, 0.3) is 5.91 Å². The number of benzene rings is 1. The summed E-state index contributed by atoms with van der Waals surface area (Å²) in [5.74, 6) is 0.138. The van der Waals surface area contributed by atoms with E-state index in [0.717, 1.165) is 0 Å². The molecule has 1 heterocycles. The van der Waals surface area contributed by atoms with Gasteiger partial charge in [-0.05, 0) is 31.3 Å².